The third-order valence-corrected chi connectivity index (χ3v) is 4.75. The molecule has 1 aliphatic rings. The highest BCUT2D eigenvalue weighted by molar-refractivity contribution is 5.34. The summed E-state index contributed by atoms with van der Waals surface area (Å²) in [4.78, 5) is 0. The first kappa shape index (κ1) is 14.9. The molecule has 2 aromatic rings. The van der Waals surface area contributed by atoms with Gasteiger partial charge in [0.25, 0.3) is 0 Å². The van der Waals surface area contributed by atoms with E-state index in [1.54, 1.807) is 7.11 Å². The normalized spacial score (nSPS) is 18.3. The molecule has 116 valence electrons. The summed E-state index contributed by atoms with van der Waals surface area (Å²) in [5.41, 5.74) is 0.0400. The molecule has 3 rings (SSSR count). The Hall–Kier alpha value is -2.00. The lowest BCUT2D eigenvalue weighted by Gasteiger charge is -2.35. The molecule has 1 atom stereocenters. The summed E-state index contributed by atoms with van der Waals surface area (Å²) in [6.07, 6.45) is 1.65. The number of ether oxygens (including phenoxy) is 2. The van der Waals surface area contributed by atoms with E-state index in [-0.39, 0.29) is 0 Å². The number of rotatable bonds is 6. The molecule has 3 heteroatoms. The summed E-state index contributed by atoms with van der Waals surface area (Å²) < 4.78 is 11.1. The summed E-state index contributed by atoms with van der Waals surface area (Å²) in [5, 5.41) is 10.8. The van der Waals surface area contributed by atoms with Crippen LogP contribution in [0.4, 0.5) is 0 Å². The first-order valence-corrected chi connectivity index (χ1v) is 7.62. The van der Waals surface area contributed by atoms with Crippen LogP contribution in [0.25, 0.3) is 0 Å². The maximum atomic E-state index is 10.8. The van der Waals surface area contributed by atoms with Crippen LogP contribution in [0.1, 0.15) is 25.3 Å². The molecule has 0 spiro atoms. The molecule has 0 aromatic heterocycles. The lowest BCUT2D eigenvalue weighted by atomic mass is 9.76. The second-order valence-corrected chi connectivity index (χ2v) is 6.19. The minimum absolute atomic E-state index is 0.409. The molecule has 0 amide bonds. The SMILES string of the molecule is COc1ccc(OCC(C)(c2ccccc2)C2(O)CC2)cc1. The van der Waals surface area contributed by atoms with E-state index in [2.05, 4.69) is 19.1 Å². The second-order valence-electron chi connectivity index (χ2n) is 6.19. The summed E-state index contributed by atoms with van der Waals surface area (Å²) >= 11 is 0. The van der Waals surface area contributed by atoms with E-state index >= 15 is 0 Å². The van der Waals surface area contributed by atoms with E-state index in [9.17, 15) is 5.11 Å². The van der Waals surface area contributed by atoms with Crippen molar-refractivity contribution in [3.63, 3.8) is 0 Å². The van der Waals surface area contributed by atoms with Gasteiger partial charge in [0, 0.05) is 0 Å². The van der Waals surface area contributed by atoms with Crippen LogP contribution < -0.4 is 9.47 Å². The Morgan fingerprint density at radius 1 is 1.00 bits per heavy atom. The number of hydrogen-bond donors (Lipinski definition) is 1. The van der Waals surface area contributed by atoms with Crippen LogP contribution in [0, 0.1) is 0 Å². The average molecular weight is 298 g/mol. The van der Waals surface area contributed by atoms with Crippen LogP contribution in [-0.4, -0.2) is 24.4 Å². The maximum absolute atomic E-state index is 10.8. The number of methoxy groups -OCH3 is 1. The van der Waals surface area contributed by atoms with Gasteiger partial charge in [0.15, 0.2) is 0 Å². The molecule has 0 radical (unpaired) electrons. The van der Waals surface area contributed by atoms with Crippen LogP contribution >= 0.6 is 0 Å². The zero-order valence-corrected chi connectivity index (χ0v) is 13.1. The Balaban J connectivity index is 1.79. The highest BCUT2D eigenvalue weighted by Crippen LogP contribution is 2.51. The van der Waals surface area contributed by atoms with E-state index < -0.39 is 11.0 Å². The molecule has 22 heavy (non-hydrogen) atoms. The fourth-order valence-electron chi connectivity index (χ4n) is 2.86. The molecular weight excluding hydrogens is 276 g/mol. The molecule has 1 saturated carbocycles. The number of hydrogen-bond acceptors (Lipinski definition) is 3. The molecule has 0 saturated heterocycles. The molecule has 1 fully saturated rings. The Morgan fingerprint density at radius 3 is 2.14 bits per heavy atom. The monoisotopic (exact) mass is 298 g/mol. The van der Waals surface area contributed by atoms with E-state index in [1.165, 1.54) is 0 Å². The molecule has 2 aromatic carbocycles. The molecular formula is C19H22O3. The van der Waals surface area contributed by atoms with Gasteiger partial charge in [-0.05, 0) is 49.6 Å². The molecule has 0 heterocycles. The molecule has 1 unspecified atom stereocenters. The summed E-state index contributed by atoms with van der Waals surface area (Å²) in [7, 11) is 1.64. The van der Waals surface area contributed by atoms with Crippen molar-refractivity contribution in [2.75, 3.05) is 13.7 Å². The Morgan fingerprint density at radius 2 is 1.59 bits per heavy atom. The second kappa shape index (κ2) is 5.65. The quantitative estimate of drug-likeness (QED) is 0.886. The van der Waals surface area contributed by atoms with E-state index in [0.717, 1.165) is 29.9 Å². The van der Waals surface area contributed by atoms with E-state index in [4.69, 9.17) is 9.47 Å². The minimum Gasteiger partial charge on any atom is -0.497 e. The van der Waals surface area contributed by atoms with Gasteiger partial charge in [-0.2, -0.15) is 0 Å². The lowest BCUT2D eigenvalue weighted by Crippen LogP contribution is -2.44. The number of benzene rings is 2. The van der Waals surface area contributed by atoms with Crippen LogP contribution in [0.5, 0.6) is 11.5 Å². The lowest BCUT2D eigenvalue weighted by molar-refractivity contribution is 0.0337. The van der Waals surface area contributed by atoms with Crippen LogP contribution in [0.3, 0.4) is 0 Å². The smallest absolute Gasteiger partial charge is 0.119 e. The molecule has 1 aliphatic carbocycles. The van der Waals surface area contributed by atoms with Gasteiger partial charge in [-0.25, -0.2) is 0 Å². The average Bonchev–Trinajstić information content (AvgIpc) is 3.33. The van der Waals surface area contributed by atoms with E-state index in [1.807, 2.05) is 42.5 Å². The standard InChI is InChI=1S/C19H22O3/c1-18(19(20)12-13-19,15-6-4-3-5-7-15)14-22-17-10-8-16(21-2)9-11-17/h3-11,20H,12-14H2,1-2H3. The van der Waals surface area contributed by atoms with Gasteiger partial charge in [0.2, 0.25) is 0 Å². The predicted octanol–water partition coefficient (Wildman–Crippen LogP) is 3.56. The van der Waals surface area contributed by atoms with Gasteiger partial charge >= 0.3 is 0 Å². The highest BCUT2D eigenvalue weighted by Gasteiger charge is 2.57. The maximum Gasteiger partial charge on any atom is 0.119 e. The van der Waals surface area contributed by atoms with Crippen molar-refractivity contribution in [1.82, 2.24) is 0 Å². The Kier molecular flexibility index (Phi) is 3.83. The van der Waals surface area contributed by atoms with Gasteiger partial charge < -0.3 is 14.6 Å². The molecule has 3 nitrogen and oxygen atoms in total. The predicted molar refractivity (Wildman–Crippen MR) is 86.5 cm³/mol. The van der Waals surface area contributed by atoms with Crippen LogP contribution in [-0.2, 0) is 5.41 Å². The summed E-state index contributed by atoms with van der Waals surface area (Å²) in [6, 6.07) is 17.7. The zero-order valence-electron chi connectivity index (χ0n) is 13.1. The van der Waals surface area contributed by atoms with Crippen molar-refractivity contribution in [1.29, 1.82) is 0 Å². The molecule has 0 bridgehead atoms. The third kappa shape index (κ3) is 2.69. The van der Waals surface area contributed by atoms with Gasteiger partial charge in [-0.1, -0.05) is 30.3 Å². The van der Waals surface area contributed by atoms with Gasteiger partial charge in [0.1, 0.15) is 18.1 Å². The highest BCUT2D eigenvalue weighted by atomic mass is 16.5. The van der Waals surface area contributed by atoms with Crippen molar-refractivity contribution in [2.45, 2.75) is 30.8 Å². The van der Waals surface area contributed by atoms with Crippen LogP contribution in [0.2, 0.25) is 0 Å². The van der Waals surface area contributed by atoms with Crippen molar-refractivity contribution < 1.29 is 14.6 Å². The molecule has 0 aliphatic heterocycles. The fourth-order valence-corrected chi connectivity index (χ4v) is 2.86. The van der Waals surface area contributed by atoms with Gasteiger partial charge in [0.05, 0.1) is 18.1 Å². The third-order valence-electron chi connectivity index (χ3n) is 4.75. The minimum atomic E-state index is -0.666. The zero-order chi connectivity index (χ0) is 15.6. The summed E-state index contributed by atoms with van der Waals surface area (Å²) in [5.74, 6) is 1.59. The Labute approximate surface area is 131 Å². The van der Waals surface area contributed by atoms with Gasteiger partial charge in [-0.3, -0.25) is 0 Å². The first-order chi connectivity index (χ1) is 10.6. The summed E-state index contributed by atoms with van der Waals surface area (Å²) in [6.45, 7) is 2.53. The van der Waals surface area contributed by atoms with Crippen molar-refractivity contribution in [3.8, 4) is 11.5 Å². The van der Waals surface area contributed by atoms with Crippen molar-refractivity contribution in [3.05, 3.63) is 60.2 Å². The van der Waals surface area contributed by atoms with Gasteiger partial charge in [-0.15, -0.1) is 0 Å². The number of aliphatic hydroxyl groups is 1. The largest absolute Gasteiger partial charge is 0.497 e. The van der Waals surface area contributed by atoms with Crippen molar-refractivity contribution >= 4 is 0 Å². The Bertz CT molecular complexity index is 617. The van der Waals surface area contributed by atoms with Crippen LogP contribution in [0.15, 0.2) is 54.6 Å². The molecule has 1 N–H and O–H groups in total. The van der Waals surface area contributed by atoms with Crippen molar-refractivity contribution in [2.24, 2.45) is 0 Å². The van der Waals surface area contributed by atoms with E-state index in [0.29, 0.717) is 6.61 Å². The topological polar surface area (TPSA) is 38.7 Å². The fraction of sp³-hybridized carbons (Fsp3) is 0.368. The first-order valence-electron chi connectivity index (χ1n) is 7.62.